The van der Waals surface area contributed by atoms with Crippen molar-refractivity contribution in [1.29, 1.82) is 0 Å². The van der Waals surface area contributed by atoms with Gasteiger partial charge in [-0.3, -0.25) is 4.79 Å². The molecule has 5 heteroatoms. The third-order valence-corrected chi connectivity index (χ3v) is 2.49. The van der Waals surface area contributed by atoms with Gasteiger partial charge in [-0.15, -0.1) is 6.42 Å². The zero-order valence-corrected chi connectivity index (χ0v) is 10.4. The Morgan fingerprint density at radius 3 is 3.12 bits per heavy atom. The number of carbonyl (C=O) groups excluding carboxylic acids is 1. The highest BCUT2D eigenvalue weighted by atomic mass is 16.5. The molecule has 1 amide bonds. The van der Waals surface area contributed by atoms with Crippen molar-refractivity contribution >= 4 is 5.91 Å². The van der Waals surface area contributed by atoms with Gasteiger partial charge in [-0.1, -0.05) is 5.92 Å². The van der Waals surface area contributed by atoms with Crippen LogP contribution in [0.15, 0.2) is 0 Å². The highest BCUT2D eigenvalue weighted by molar-refractivity contribution is 5.80. The minimum absolute atomic E-state index is 0.00151. The number of hydrogen-bond donors (Lipinski definition) is 2. The number of ether oxygens (including phenoxy) is 2. The van der Waals surface area contributed by atoms with Crippen LogP contribution in [0.25, 0.3) is 0 Å². The third kappa shape index (κ3) is 5.18. The Hall–Kier alpha value is -1.09. The number of rotatable bonds is 5. The first-order valence-electron chi connectivity index (χ1n) is 5.82. The molecular weight excluding hydrogens is 220 g/mol. The lowest BCUT2D eigenvalue weighted by molar-refractivity contribution is -0.136. The minimum atomic E-state index is -0.510. The summed E-state index contributed by atoms with van der Waals surface area (Å²) in [5.41, 5.74) is 0. The highest BCUT2D eigenvalue weighted by Crippen LogP contribution is 2.04. The van der Waals surface area contributed by atoms with Gasteiger partial charge in [-0.25, -0.2) is 0 Å². The van der Waals surface area contributed by atoms with Gasteiger partial charge in [-0.2, -0.15) is 0 Å². The molecule has 3 atom stereocenters. The maximum absolute atomic E-state index is 11.5. The molecule has 0 aliphatic carbocycles. The number of hydrogen-bond acceptors (Lipinski definition) is 4. The number of morpholine rings is 1. The van der Waals surface area contributed by atoms with Crippen molar-refractivity contribution in [2.24, 2.45) is 0 Å². The molecule has 0 saturated carbocycles. The molecule has 1 saturated heterocycles. The van der Waals surface area contributed by atoms with Crippen LogP contribution < -0.4 is 10.6 Å². The molecule has 1 fully saturated rings. The van der Waals surface area contributed by atoms with Crippen molar-refractivity contribution < 1.29 is 14.3 Å². The summed E-state index contributed by atoms with van der Waals surface area (Å²) in [6.45, 7) is 5.94. The average molecular weight is 240 g/mol. The molecule has 0 aromatic carbocycles. The Morgan fingerprint density at radius 1 is 1.71 bits per heavy atom. The second-order valence-electron chi connectivity index (χ2n) is 4.12. The van der Waals surface area contributed by atoms with E-state index in [1.165, 1.54) is 0 Å². The van der Waals surface area contributed by atoms with E-state index in [0.29, 0.717) is 6.61 Å². The normalized spacial score (nSPS) is 25.9. The van der Waals surface area contributed by atoms with Gasteiger partial charge in [-0.05, 0) is 13.8 Å². The van der Waals surface area contributed by atoms with E-state index in [4.69, 9.17) is 15.9 Å². The van der Waals surface area contributed by atoms with Crippen molar-refractivity contribution in [1.82, 2.24) is 10.6 Å². The first kappa shape index (κ1) is 14.0. The summed E-state index contributed by atoms with van der Waals surface area (Å²) >= 11 is 0. The highest BCUT2D eigenvalue weighted by Gasteiger charge is 2.21. The Kier molecular flexibility index (Phi) is 5.98. The maximum atomic E-state index is 11.5. The van der Waals surface area contributed by atoms with E-state index in [9.17, 15) is 4.79 Å². The van der Waals surface area contributed by atoms with Crippen molar-refractivity contribution in [3.05, 3.63) is 0 Å². The molecule has 0 radical (unpaired) electrons. The van der Waals surface area contributed by atoms with Gasteiger partial charge in [0.2, 0.25) is 5.91 Å². The quantitative estimate of drug-likeness (QED) is 0.637. The lowest BCUT2D eigenvalue weighted by Gasteiger charge is -2.29. The van der Waals surface area contributed by atoms with E-state index >= 15 is 0 Å². The number of nitrogens with one attached hydrogen (secondary N) is 2. The fourth-order valence-corrected chi connectivity index (χ4v) is 1.58. The first-order valence-corrected chi connectivity index (χ1v) is 5.82. The maximum Gasteiger partial charge on any atom is 0.249 e. The Bertz CT molecular complexity index is 288. The first-order chi connectivity index (χ1) is 8.13. The molecule has 0 bridgehead atoms. The topological polar surface area (TPSA) is 59.6 Å². The zero-order chi connectivity index (χ0) is 12.7. The van der Waals surface area contributed by atoms with Crippen molar-refractivity contribution in [2.75, 3.05) is 26.2 Å². The Labute approximate surface area is 102 Å². The van der Waals surface area contributed by atoms with Gasteiger partial charge in [0.1, 0.15) is 6.10 Å². The molecule has 17 heavy (non-hydrogen) atoms. The SMILES string of the molecule is C#CCNC(=O)C(C)OCC1CNCC(C)O1. The molecule has 3 unspecified atom stereocenters. The second kappa shape index (κ2) is 7.28. The zero-order valence-electron chi connectivity index (χ0n) is 10.4. The largest absolute Gasteiger partial charge is 0.370 e. The van der Waals surface area contributed by atoms with Crippen LogP contribution in [0.3, 0.4) is 0 Å². The average Bonchev–Trinajstić information content (AvgIpc) is 2.33. The van der Waals surface area contributed by atoms with E-state index < -0.39 is 6.10 Å². The monoisotopic (exact) mass is 240 g/mol. The fraction of sp³-hybridized carbons (Fsp3) is 0.750. The predicted octanol–water partition coefficient (Wildman–Crippen LogP) is -0.482. The van der Waals surface area contributed by atoms with E-state index in [0.717, 1.165) is 13.1 Å². The van der Waals surface area contributed by atoms with Crippen molar-refractivity contribution in [3.8, 4) is 12.3 Å². The predicted molar refractivity (Wildman–Crippen MR) is 64.5 cm³/mol. The Morgan fingerprint density at radius 2 is 2.47 bits per heavy atom. The standard InChI is InChI=1S/C12H20N2O3/c1-4-5-14-12(15)10(3)16-8-11-7-13-6-9(2)17-11/h1,9-11,13H,5-8H2,2-3H3,(H,14,15). The number of carbonyl (C=O) groups is 1. The number of amides is 1. The Balaban J connectivity index is 2.20. The van der Waals surface area contributed by atoms with Crippen LogP contribution in [0.1, 0.15) is 13.8 Å². The molecule has 1 aliphatic rings. The van der Waals surface area contributed by atoms with Crippen LogP contribution in [-0.4, -0.2) is 50.5 Å². The summed E-state index contributed by atoms with van der Waals surface area (Å²) in [5, 5.41) is 5.81. The van der Waals surface area contributed by atoms with E-state index in [-0.39, 0.29) is 24.7 Å². The lowest BCUT2D eigenvalue weighted by atomic mass is 10.2. The summed E-state index contributed by atoms with van der Waals surface area (Å²) in [6, 6.07) is 0. The minimum Gasteiger partial charge on any atom is -0.370 e. The van der Waals surface area contributed by atoms with Crippen molar-refractivity contribution in [2.45, 2.75) is 32.2 Å². The van der Waals surface area contributed by atoms with Crippen molar-refractivity contribution in [3.63, 3.8) is 0 Å². The molecule has 0 aromatic heterocycles. The third-order valence-electron chi connectivity index (χ3n) is 2.49. The molecule has 2 N–H and O–H groups in total. The fourth-order valence-electron chi connectivity index (χ4n) is 1.58. The summed E-state index contributed by atoms with van der Waals surface area (Å²) in [5.74, 6) is 2.15. The van der Waals surface area contributed by atoms with Gasteiger partial charge >= 0.3 is 0 Å². The molecule has 1 rings (SSSR count). The van der Waals surface area contributed by atoms with Gasteiger partial charge in [0, 0.05) is 13.1 Å². The van der Waals surface area contributed by atoms with Crippen LogP contribution in [-0.2, 0) is 14.3 Å². The van der Waals surface area contributed by atoms with E-state index in [2.05, 4.69) is 16.6 Å². The number of terminal acetylenes is 1. The molecule has 0 spiro atoms. The summed E-state index contributed by atoms with van der Waals surface area (Å²) in [6.07, 6.45) is 4.72. The van der Waals surface area contributed by atoms with Gasteiger partial charge in [0.25, 0.3) is 0 Å². The van der Waals surface area contributed by atoms with E-state index in [1.807, 2.05) is 6.92 Å². The van der Waals surface area contributed by atoms with Crippen LogP contribution in [0.4, 0.5) is 0 Å². The van der Waals surface area contributed by atoms with Gasteiger partial charge in [0.05, 0.1) is 25.4 Å². The van der Waals surface area contributed by atoms with Crippen LogP contribution >= 0.6 is 0 Å². The second-order valence-corrected chi connectivity index (χ2v) is 4.12. The van der Waals surface area contributed by atoms with Gasteiger partial charge < -0.3 is 20.1 Å². The molecule has 5 nitrogen and oxygen atoms in total. The summed E-state index contributed by atoms with van der Waals surface area (Å²) < 4.78 is 11.1. The molecule has 1 aliphatic heterocycles. The molecule has 96 valence electrons. The molecular formula is C12H20N2O3. The van der Waals surface area contributed by atoms with Crippen LogP contribution in [0.2, 0.25) is 0 Å². The van der Waals surface area contributed by atoms with Crippen LogP contribution in [0, 0.1) is 12.3 Å². The van der Waals surface area contributed by atoms with Gasteiger partial charge in [0.15, 0.2) is 0 Å². The molecule has 0 aromatic rings. The van der Waals surface area contributed by atoms with E-state index in [1.54, 1.807) is 6.92 Å². The summed E-state index contributed by atoms with van der Waals surface area (Å²) in [4.78, 5) is 11.5. The smallest absolute Gasteiger partial charge is 0.249 e. The molecule has 1 heterocycles. The summed E-state index contributed by atoms with van der Waals surface area (Å²) in [7, 11) is 0. The lowest BCUT2D eigenvalue weighted by Crippen LogP contribution is -2.46. The van der Waals surface area contributed by atoms with Crippen LogP contribution in [0.5, 0.6) is 0 Å².